The van der Waals surface area contributed by atoms with Crippen LogP contribution in [-0.2, 0) is 40.8 Å². The molecule has 1 aromatic heterocycles. The molecular weight excluding hydrogens is 604 g/mol. The summed E-state index contributed by atoms with van der Waals surface area (Å²) in [7, 11) is 1.57. The van der Waals surface area contributed by atoms with E-state index in [1.807, 2.05) is 0 Å². The summed E-state index contributed by atoms with van der Waals surface area (Å²) in [6.45, 7) is 1.06. The highest BCUT2D eigenvalue weighted by Gasteiger charge is 2.45. The van der Waals surface area contributed by atoms with Gasteiger partial charge in [-0.25, -0.2) is 18.5 Å². The third-order valence-corrected chi connectivity index (χ3v) is 8.00. The number of halogens is 4. The number of nitrogens with one attached hydrogen (secondary N) is 1. The second kappa shape index (κ2) is 12.5. The number of carbonyl (C=O) groups is 2. The van der Waals surface area contributed by atoms with Crippen LogP contribution in [0.3, 0.4) is 0 Å². The van der Waals surface area contributed by atoms with Gasteiger partial charge < -0.3 is 24.8 Å². The molecule has 240 valence electrons. The summed E-state index contributed by atoms with van der Waals surface area (Å²) in [5, 5.41) is 12.1. The number of aromatic nitrogens is 2. The van der Waals surface area contributed by atoms with Crippen molar-refractivity contribution in [1.29, 1.82) is 0 Å². The first-order valence-corrected chi connectivity index (χ1v) is 14.0. The number of ether oxygens (including phenoxy) is 2. The van der Waals surface area contributed by atoms with Crippen molar-refractivity contribution in [3.8, 4) is 5.69 Å². The van der Waals surface area contributed by atoms with Crippen molar-refractivity contribution in [2.24, 2.45) is 7.05 Å². The number of anilines is 1. The van der Waals surface area contributed by atoms with Crippen LogP contribution in [0.4, 0.5) is 23.2 Å². The van der Waals surface area contributed by atoms with Crippen LogP contribution in [0.1, 0.15) is 32.7 Å². The maximum absolute atomic E-state index is 15.2. The number of benzene rings is 2. The Morgan fingerprint density at radius 3 is 2.44 bits per heavy atom. The van der Waals surface area contributed by atoms with E-state index in [2.05, 4.69) is 5.32 Å². The zero-order chi connectivity index (χ0) is 32.6. The van der Waals surface area contributed by atoms with E-state index in [1.54, 1.807) is 7.05 Å². The highest BCUT2D eigenvalue weighted by molar-refractivity contribution is 5.98. The fraction of sp³-hybridized carbons (Fsp3) is 0.400. The number of alkyl halides is 3. The number of fused-ring (bicyclic) bond motifs is 1. The van der Waals surface area contributed by atoms with E-state index < -0.39 is 59.4 Å². The molecule has 2 N–H and O–H groups in total. The van der Waals surface area contributed by atoms with Gasteiger partial charge in [-0.3, -0.25) is 14.2 Å². The van der Waals surface area contributed by atoms with Crippen LogP contribution in [0, 0.1) is 12.7 Å². The van der Waals surface area contributed by atoms with Gasteiger partial charge in [-0.2, -0.15) is 13.2 Å². The first-order chi connectivity index (χ1) is 21.3. The van der Waals surface area contributed by atoms with Crippen LogP contribution >= 0.6 is 0 Å². The van der Waals surface area contributed by atoms with Crippen LogP contribution in [0.2, 0.25) is 0 Å². The molecule has 1 amide bonds. The monoisotopic (exact) mass is 634 g/mol. The number of morpholine rings is 1. The van der Waals surface area contributed by atoms with Crippen LogP contribution in [0.15, 0.2) is 46.0 Å². The Balaban J connectivity index is 1.35. The van der Waals surface area contributed by atoms with Crippen molar-refractivity contribution in [2.45, 2.75) is 44.6 Å². The van der Waals surface area contributed by atoms with E-state index in [9.17, 15) is 37.5 Å². The second-order valence-corrected chi connectivity index (χ2v) is 10.9. The summed E-state index contributed by atoms with van der Waals surface area (Å²) in [6, 6.07) is 4.50. The van der Waals surface area contributed by atoms with E-state index in [1.165, 1.54) is 41.8 Å². The number of carbonyl (C=O) groups excluding carboxylic acids is 1. The number of nitrogens with zero attached hydrogens (tertiary/aromatic N) is 3. The lowest BCUT2D eigenvalue weighted by Gasteiger charge is -2.38. The van der Waals surface area contributed by atoms with Gasteiger partial charge in [-0.1, -0.05) is 12.1 Å². The van der Waals surface area contributed by atoms with Crippen molar-refractivity contribution in [3.05, 3.63) is 91.0 Å². The van der Waals surface area contributed by atoms with Gasteiger partial charge in [0, 0.05) is 37.8 Å². The molecule has 5 rings (SSSR count). The molecule has 2 aromatic carbocycles. The van der Waals surface area contributed by atoms with Crippen LogP contribution in [-0.4, -0.2) is 70.7 Å². The molecule has 2 aliphatic heterocycles. The number of rotatable bonds is 7. The van der Waals surface area contributed by atoms with E-state index in [-0.39, 0.29) is 43.1 Å². The Labute approximate surface area is 253 Å². The van der Waals surface area contributed by atoms with Crippen molar-refractivity contribution in [1.82, 2.24) is 14.5 Å². The molecule has 2 atom stereocenters. The fourth-order valence-corrected chi connectivity index (χ4v) is 5.66. The number of aryl methyl sites for hydroxylation is 1. The summed E-state index contributed by atoms with van der Waals surface area (Å²) in [6.07, 6.45) is -4.43. The molecule has 0 radical (unpaired) electrons. The van der Waals surface area contributed by atoms with Crippen LogP contribution in [0.5, 0.6) is 0 Å². The van der Waals surface area contributed by atoms with Gasteiger partial charge in [-0.05, 0) is 42.3 Å². The average molecular weight is 635 g/mol. The number of hydrogen-bond donors (Lipinski definition) is 2. The van der Waals surface area contributed by atoms with Gasteiger partial charge >= 0.3 is 17.8 Å². The van der Waals surface area contributed by atoms with Crippen LogP contribution < -0.4 is 21.5 Å². The van der Waals surface area contributed by atoms with Gasteiger partial charge in [0.05, 0.1) is 43.2 Å². The van der Waals surface area contributed by atoms with Gasteiger partial charge in [0.15, 0.2) is 0 Å². The highest BCUT2D eigenvalue weighted by atomic mass is 19.4. The predicted octanol–water partition coefficient (Wildman–Crippen LogP) is 2.25. The van der Waals surface area contributed by atoms with Crippen molar-refractivity contribution >= 4 is 17.6 Å². The molecule has 3 aromatic rings. The first-order valence-electron chi connectivity index (χ1n) is 14.0. The number of amides is 1. The third kappa shape index (κ3) is 6.35. The zero-order valence-corrected chi connectivity index (χ0v) is 24.3. The van der Waals surface area contributed by atoms with Gasteiger partial charge in [0.1, 0.15) is 17.9 Å². The van der Waals surface area contributed by atoms with Gasteiger partial charge in [0.25, 0.3) is 11.5 Å². The zero-order valence-electron chi connectivity index (χ0n) is 24.3. The smallest absolute Gasteiger partial charge is 0.411 e. The SMILES string of the molecule is Cc1cc(N2CCOCC2C(F)(F)F)cc(F)c1C(=O)NC(Cc1ccc(-n2c(=O)c3c(n(C)c2=O)CCOC3)cc1)C(=O)O. The predicted molar refractivity (Wildman–Crippen MR) is 152 cm³/mol. The van der Waals surface area contributed by atoms with Gasteiger partial charge in [0.2, 0.25) is 0 Å². The molecule has 0 aliphatic carbocycles. The summed E-state index contributed by atoms with van der Waals surface area (Å²) in [4.78, 5) is 52.1. The number of hydrogen-bond acceptors (Lipinski definition) is 7. The second-order valence-electron chi connectivity index (χ2n) is 10.9. The standard InChI is InChI=1S/C30H30F4N4O7/c1-16-11-19(37-8-10-45-15-24(37)30(32,33)34)13-21(31)25(16)26(39)35-22(28(41)42)12-17-3-5-18(6-4-17)38-27(40)20-14-44-9-7-23(20)36(2)29(38)43/h3-6,11,13,22,24H,7-10,12,14-15H2,1-2H3,(H,35,39)(H,41,42). The first kappa shape index (κ1) is 31.9. The van der Waals surface area contributed by atoms with Crippen molar-refractivity contribution in [3.63, 3.8) is 0 Å². The Morgan fingerprint density at radius 1 is 1.09 bits per heavy atom. The maximum atomic E-state index is 15.2. The largest absolute Gasteiger partial charge is 0.480 e. The number of aliphatic carboxylic acids is 1. The van der Waals surface area contributed by atoms with E-state index in [4.69, 9.17) is 9.47 Å². The molecule has 2 unspecified atom stereocenters. The molecule has 15 heteroatoms. The molecule has 0 bridgehead atoms. The minimum absolute atomic E-state index is 0.00637. The van der Waals surface area contributed by atoms with Crippen molar-refractivity contribution in [2.75, 3.05) is 31.3 Å². The normalized spacial score (nSPS) is 17.5. The fourth-order valence-electron chi connectivity index (χ4n) is 5.66. The minimum Gasteiger partial charge on any atom is -0.480 e. The molecular formula is C30H30F4N4O7. The molecule has 11 nitrogen and oxygen atoms in total. The van der Waals surface area contributed by atoms with Gasteiger partial charge in [-0.15, -0.1) is 0 Å². The summed E-state index contributed by atoms with van der Waals surface area (Å²) >= 11 is 0. The topological polar surface area (TPSA) is 132 Å². The van der Waals surface area contributed by atoms with Crippen LogP contribution in [0.25, 0.3) is 5.69 Å². The summed E-state index contributed by atoms with van der Waals surface area (Å²) in [5.74, 6) is -3.57. The molecule has 0 saturated carbocycles. The quantitative estimate of drug-likeness (QED) is 0.379. The van der Waals surface area contributed by atoms with E-state index in [0.29, 0.717) is 29.8 Å². The lowest BCUT2D eigenvalue weighted by Crippen LogP contribution is -2.53. The minimum atomic E-state index is -4.63. The lowest BCUT2D eigenvalue weighted by molar-refractivity contribution is -0.167. The van der Waals surface area contributed by atoms with E-state index >= 15 is 4.39 Å². The molecule has 1 saturated heterocycles. The molecule has 0 spiro atoms. The maximum Gasteiger partial charge on any atom is 0.411 e. The Kier molecular flexibility index (Phi) is 8.85. The summed E-state index contributed by atoms with van der Waals surface area (Å²) in [5.41, 5.74) is 0.0447. The number of carboxylic acids is 1. The number of carboxylic acid groups (broad SMARTS) is 1. The Bertz CT molecular complexity index is 1730. The highest BCUT2D eigenvalue weighted by Crippen LogP contribution is 2.33. The lowest BCUT2D eigenvalue weighted by atomic mass is 10.0. The molecule has 3 heterocycles. The Hall–Kier alpha value is -4.50. The Morgan fingerprint density at radius 2 is 1.80 bits per heavy atom. The average Bonchev–Trinajstić information content (AvgIpc) is 2.99. The van der Waals surface area contributed by atoms with Crippen molar-refractivity contribution < 1.29 is 41.7 Å². The molecule has 1 fully saturated rings. The molecule has 45 heavy (non-hydrogen) atoms. The third-order valence-electron chi connectivity index (χ3n) is 8.00. The van der Waals surface area contributed by atoms with E-state index in [0.717, 1.165) is 15.5 Å². The summed E-state index contributed by atoms with van der Waals surface area (Å²) < 4.78 is 68.5. The molecule has 2 aliphatic rings.